The van der Waals surface area contributed by atoms with Crippen molar-refractivity contribution in [2.24, 2.45) is 0 Å². The van der Waals surface area contributed by atoms with Gasteiger partial charge in [0, 0.05) is 5.38 Å². The lowest BCUT2D eigenvalue weighted by Crippen LogP contribution is -2.09. The summed E-state index contributed by atoms with van der Waals surface area (Å²) in [5.41, 5.74) is 5.03. The molecule has 0 bridgehead atoms. The Morgan fingerprint density at radius 3 is 3.22 bits per heavy atom. The summed E-state index contributed by atoms with van der Waals surface area (Å²) in [6.45, 7) is 0.505. The van der Waals surface area contributed by atoms with Crippen LogP contribution < -0.4 is 4.74 Å². The summed E-state index contributed by atoms with van der Waals surface area (Å²) < 4.78 is 5.71. The Balaban J connectivity index is 1.74. The second kappa shape index (κ2) is 5.08. The van der Waals surface area contributed by atoms with Crippen molar-refractivity contribution >= 4 is 11.3 Å². The number of nitrogens with zero attached hydrogens (tertiary/aromatic N) is 1. The monoisotopic (exact) mass is 261 g/mol. The van der Waals surface area contributed by atoms with Gasteiger partial charge in [0.05, 0.1) is 17.3 Å². The predicted octanol–water partition coefficient (Wildman–Crippen LogP) is 3.09. The molecule has 0 fully saturated rings. The van der Waals surface area contributed by atoms with Crippen LogP contribution in [0.1, 0.15) is 35.8 Å². The van der Waals surface area contributed by atoms with Crippen LogP contribution in [0.25, 0.3) is 0 Å². The Kier molecular flexibility index (Phi) is 3.30. The molecule has 1 atom stereocenters. The van der Waals surface area contributed by atoms with E-state index in [9.17, 15) is 5.11 Å². The molecule has 0 radical (unpaired) electrons. The number of fused-ring (bicyclic) bond motifs is 1. The van der Waals surface area contributed by atoms with Crippen LogP contribution in [0.4, 0.5) is 0 Å². The molecular weight excluding hydrogens is 246 g/mol. The molecule has 1 unspecified atom stereocenters. The average Bonchev–Trinajstić information content (AvgIpc) is 2.90. The quantitative estimate of drug-likeness (QED) is 0.923. The molecule has 0 aliphatic heterocycles. The second-order valence-electron chi connectivity index (χ2n) is 4.54. The number of ether oxygens (including phenoxy) is 1. The maximum Gasteiger partial charge on any atom is 0.131 e. The summed E-state index contributed by atoms with van der Waals surface area (Å²) in [5, 5.41) is 11.9. The predicted molar refractivity (Wildman–Crippen MR) is 70.8 cm³/mol. The molecule has 0 saturated heterocycles. The number of aromatic nitrogens is 1. The first-order valence-corrected chi connectivity index (χ1v) is 7.08. The molecule has 1 aliphatic rings. The van der Waals surface area contributed by atoms with Crippen molar-refractivity contribution in [2.45, 2.75) is 32.0 Å². The van der Waals surface area contributed by atoms with Gasteiger partial charge in [-0.25, -0.2) is 4.98 Å². The molecule has 0 spiro atoms. The summed E-state index contributed by atoms with van der Waals surface area (Å²) in [7, 11) is 0. The molecular formula is C14H15NO2S. The van der Waals surface area contributed by atoms with E-state index in [0.29, 0.717) is 6.61 Å². The number of hydrogen-bond acceptors (Lipinski definition) is 4. The zero-order valence-corrected chi connectivity index (χ0v) is 10.8. The highest BCUT2D eigenvalue weighted by atomic mass is 32.1. The zero-order valence-electron chi connectivity index (χ0n) is 10.0. The smallest absolute Gasteiger partial charge is 0.131 e. The number of benzene rings is 1. The van der Waals surface area contributed by atoms with E-state index in [1.165, 1.54) is 5.56 Å². The van der Waals surface area contributed by atoms with Gasteiger partial charge in [-0.2, -0.15) is 0 Å². The van der Waals surface area contributed by atoms with Crippen molar-refractivity contribution in [3.63, 3.8) is 0 Å². The van der Waals surface area contributed by atoms with E-state index in [4.69, 9.17) is 4.74 Å². The summed E-state index contributed by atoms with van der Waals surface area (Å²) in [6, 6.07) is 5.96. The van der Waals surface area contributed by atoms with Gasteiger partial charge in [-0.15, -0.1) is 11.3 Å². The van der Waals surface area contributed by atoms with Crippen molar-refractivity contribution in [3.8, 4) is 5.75 Å². The fourth-order valence-electron chi connectivity index (χ4n) is 2.32. The highest BCUT2D eigenvalue weighted by molar-refractivity contribution is 7.07. The van der Waals surface area contributed by atoms with Crippen LogP contribution >= 0.6 is 11.3 Å². The first-order valence-electron chi connectivity index (χ1n) is 6.13. The molecule has 4 heteroatoms. The molecule has 2 aromatic rings. The largest absolute Gasteiger partial charge is 0.487 e. The van der Waals surface area contributed by atoms with Crippen LogP contribution in [0.2, 0.25) is 0 Å². The fraction of sp³-hybridized carbons (Fsp3) is 0.357. The Hall–Kier alpha value is -1.39. The number of hydrogen-bond donors (Lipinski definition) is 1. The SMILES string of the molecule is OC1CCCc2cc(OCc3cscn3)ccc21. The van der Waals surface area contributed by atoms with E-state index in [1.807, 2.05) is 29.1 Å². The summed E-state index contributed by atoms with van der Waals surface area (Å²) in [4.78, 5) is 4.18. The molecule has 1 N–H and O–H groups in total. The van der Waals surface area contributed by atoms with Crippen molar-refractivity contribution in [3.05, 3.63) is 45.9 Å². The fourth-order valence-corrected chi connectivity index (χ4v) is 2.86. The number of aliphatic hydroxyl groups is 1. The van der Waals surface area contributed by atoms with Gasteiger partial charge in [0.1, 0.15) is 12.4 Å². The molecule has 1 aromatic heterocycles. The lowest BCUT2D eigenvalue weighted by molar-refractivity contribution is 0.156. The molecule has 3 rings (SSSR count). The molecule has 0 amide bonds. The average molecular weight is 261 g/mol. The third-order valence-electron chi connectivity index (χ3n) is 3.27. The van der Waals surface area contributed by atoms with Crippen LogP contribution in [-0.2, 0) is 13.0 Å². The van der Waals surface area contributed by atoms with E-state index < -0.39 is 0 Å². The van der Waals surface area contributed by atoms with Gasteiger partial charge in [-0.05, 0) is 42.5 Å². The first-order chi connectivity index (χ1) is 8.83. The molecule has 1 aliphatic carbocycles. The van der Waals surface area contributed by atoms with E-state index in [1.54, 1.807) is 11.3 Å². The highest BCUT2D eigenvalue weighted by Crippen LogP contribution is 2.32. The minimum atomic E-state index is -0.304. The molecule has 1 heterocycles. The van der Waals surface area contributed by atoms with Gasteiger partial charge in [-0.3, -0.25) is 0 Å². The molecule has 94 valence electrons. The Morgan fingerprint density at radius 1 is 1.44 bits per heavy atom. The minimum absolute atomic E-state index is 0.304. The van der Waals surface area contributed by atoms with Gasteiger partial charge < -0.3 is 9.84 Å². The van der Waals surface area contributed by atoms with Crippen molar-refractivity contribution in [1.29, 1.82) is 0 Å². The maximum atomic E-state index is 9.88. The maximum absolute atomic E-state index is 9.88. The summed E-state index contributed by atoms with van der Waals surface area (Å²) in [5.74, 6) is 0.857. The van der Waals surface area contributed by atoms with E-state index in [0.717, 1.165) is 36.3 Å². The third kappa shape index (κ3) is 2.40. The minimum Gasteiger partial charge on any atom is -0.487 e. The molecule has 3 nitrogen and oxygen atoms in total. The number of aliphatic hydroxyl groups excluding tert-OH is 1. The lowest BCUT2D eigenvalue weighted by Gasteiger charge is -2.21. The zero-order chi connectivity index (χ0) is 12.4. The van der Waals surface area contributed by atoms with Gasteiger partial charge in [-0.1, -0.05) is 6.07 Å². The van der Waals surface area contributed by atoms with Crippen LogP contribution in [0.5, 0.6) is 5.75 Å². The molecule has 0 saturated carbocycles. The Bertz CT molecular complexity index is 525. The van der Waals surface area contributed by atoms with E-state index >= 15 is 0 Å². The van der Waals surface area contributed by atoms with E-state index in [-0.39, 0.29) is 6.10 Å². The van der Waals surface area contributed by atoms with Crippen LogP contribution in [0.15, 0.2) is 29.1 Å². The van der Waals surface area contributed by atoms with Crippen LogP contribution in [0, 0.1) is 0 Å². The normalized spacial score (nSPS) is 18.4. The van der Waals surface area contributed by atoms with Crippen LogP contribution in [0.3, 0.4) is 0 Å². The van der Waals surface area contributed by atoms with Crippen molar-refractivity contribution in [1.82, 2.24) is 4.98 Å². The van der Waals surface area contributed by atoms with Gasteiger partial charge in [0.25, 0.3) is 0 Å². The second-order valence-corrected chi connectivity index (χ2v) is 5.26. The van der Waals surface area contributed by atoms with Gasteiger partial charge in [0.2, 0.25) is 0 Å². The molecule has 18 heavy (non-hydrogen) atoms. The van der Waals surface area contributed by atoms with Gasteiger partial charge in [0.15, 0.2) is 0 Å². The standard InChI is InChI=1S/C14H15NO2S/c16-14-3-1-2-10-6-12(4-5-13(10)14)17-7-11-8-18-9-15-11/h4-6,8-9,14,16H,1-3,7H2. The topological polar surface area (TPSA) is 42.4 Å². The highest BCUT2D eigenvalue weighted by Gasteiger charge is 2.18. The van der Waals surface area contributed by atoms with Crippen molar-refractivity contribution < 1.29 is 9.84 Å². The third-order valence-corrected chi connectivity index (χ3v) is 3.90. The summed E-state index contributed by atoms with van der Waals surface area (Å²) >= 11 is 1.57. The first kappa shape index (κ1) is 11.7. The van der Waals surface area contributed by atoms with Gasteiger partial charge >= 0.3 is 0 Å². The Morgan fingerprint density at radius 2 is 2.39 bits per heavy atom. The van der Waals surface area contributed by atoms with Crippen molar-refractivity contribution in [2.75, 3.05) is 0 Å². The lowest BCUT2D eigenvalue weighted by atomic mass is 9.89. The van der Waals surface area contributed by atoms with E-state index in [2.05, 4.69) is 4.98 Å². The van der Waals surface area contributed by atoms with Crippen LogP contribution in [-0.4, -0.2) is 10.1 Å². The number of thiazole rings is 1. The number of aryl methyl sites for hydroxylation is 1. The number of rotatable bonds is 3. The molecule has 1 aromatic carbocycles. The summed E-state index contributed by atoms with van der Waals surface area (Å²) in [6.07, 6.45) is 2.64. The Labute approximate surface area is 110 Å².